The molecule has 4 unspecified atom stereocenters. The third-order valence-corrected chi connectivity index (χ3v) is 3.76. The predicted molar refractivity (Wildman–Crippen MR) is 74.7 cm³/mol. The van der Waals surface area contributed by atoms with Gasteiger partial charge in [-0.05, 0) is 7.05 Å². The van der Waals surface area contributed by atoms with Gasteiger partial charge in [0.05, 0.1) is 19.0 Å². The first-order valence-electron chi connectivity index (χ1n) is 6.68. The van der Waals surface area contributed by atoms with E-state index in [0.717, 1.165) is 0 Å². The van der Waals surface area contributed by atoms with Gasteiger partial charge in [-0.25, -0.2) is 15.0 Å². The van der Waals surface area contributed by atoms with Crippen LogP contribution in [0, 0.1) is 0 Å². The van der Waals surface area contributed by atoms with Crippen LogP contribution in [0.1, 0.15) is 6.23 Å². The van der Waals surface area contributed by atoms with Crippen LogP contribution >= 0.6 is 0 Å². The Kier molecular flexibility index (Phi) is 3.72. The van der Waals surface area contributed by atoms with Crippen LogP contribution in [0.5, 0.6) is 0 Å². The van der Waals surface area contributed by atoms with Gasteiger partial charge in [0.1, 0.15) is 24.1 Å². The Labute approximate surface area is 121 Å². The van der Waals surface area contributed by atoms with Crippen molar-refractivity contribution < 1.29 is 14.9 Å². The van der Waals surface area contributed by atoms with Crippen molar-refractivity contribution >= 4 is 17.0 Å². The van der Waals surface area contributed by atoms with Gasteiger partial charge in [0.25, 0.3) is 0 Å². The van der Waals surface area contributed by atoms with Gasteiger partial charge in [-0.3, -0.25) is 4.57 Å². The second kappa shape index (κ2) is 5.53. The minimum Gasteiger partial charge on any atom is -0.394 e. The van der Waals surface area contributed by atoms with Gasteiger partial charge in [-0.2, -0.15) is 0 Å². The molecule has 0 spiro atoms. The summed E-state index contributed by atoms with van der Waals surface area (Å²) in [5.41, 5.74) is 1.16. The first-order valence-corrected chi connectivity index (χ1v) is 6.68. The molecule has 21 heavy (non-hydrogen) atoms. The zero-order chi connectivity index (χ0) is 15.0. The summed E-state index contributed by atoms with van der Waals surface area (Å²) in [5, 5.41) is 25.7. The van der Waals surface area contributed by atoms with E-state index in [1.165, 1.54) is 6.33 Å². The number of nitrogens with one attached hydrogen (secondary N) is 2. The Morgan fingerprint density at radius 2 is 2.14 bits per heavy atom. The topological polar surface area (TPSA) is 117 Å². The summed E-state index contributed by atoms with van der Waals surface area (Å²) in [6, 6.07) is -0.358. The maximum absolute atomic E-state index is 10.4. The maximum Gasteiger partial charge on any atom is 0.167 e. The van der Waals surface area contributed by atoms with Crippen LogP contribution < -0.4 is 10.6 Å². The van der Waals surface area contributed by atoms with Crippen LogP contribution in [0.3, 0.4) is 0 Å². The summed E-state index contributed by atoms with van der Waals surface area (Å²) in [7, 11) is 3.47. The Morgan fingerprint density at radius 3 is 2.76 bits per heavy atom. The van der Waals surface area contributed by atoms with E-state index < -0.39 is 18.4 Å². The van der Waals surface area contributed by atoms with Crippen molar-refractivity contribution in [2.75, 3.05) is 26.0 Å². The van der Waals surface area contributed by atoms with E-state index in [1.54, 1.807) is 25.0 Å². The molecule has 4 N–H and O–H groups in total. The molecule has 0 aliphatic carbocycles. The highest BCUT2D eigenvalue weighted by molar-refractivity contribution is 5.82. The summed E-state index contributed by atoms with van der Waals surface area (Å²) in [6.07, 6.45) is 1.01. The molecule has 2 aromatic rings. The van der Waals surface area contributed by atoms with Crippen LogP contribution in [0.15, 0.2) is 12.7 Å². The lowest BCUT2D eigenvalue weighted by atomic mass is 10.1. The largest absolute Gasteiger partial charge is 0.394 e. The van der Waals surface area contributed by atoms with Gasteiger partial charge in [0.15, 0.2) is 17.7 Å². The predicted octanol–water partition coefficient (Wildman–Crippen LogP) is -1.29. The van der Waals surface area contributed by atoms with Gasteiger partial charge in [0, 0.05) is 7.05 Å². The number of aromatic nitrogens is 4. The number of imidazole rings is 1. The van der Waals surface area contributed by atoms with E-state index in [1.807, 2.05) is 0 Å². The number of hydrogen-bond acceptors (Lipinski definition) is 8. The fourth-order valence-electron chi connectivity index (χ4n) is 2.71. The Bertz CT molecular complexity index is 632. The van der Waals surface area contributed by atoms with E-state index in [-0.39, 0.29) is 12.6 Å². The highest BCUT2D eigenvalue weighted by atomic mass is 16.5. The summed E-state index contributed by atoms with van der Waals surface area (Å²) in [6.45, 7) is -0.178. The first kappa shape index (κ1) is 14.1. The first-order chi connectivity index (χ1) is 10.2. The zero-order valence-electron chi connectivity index (χ0n) is 11.8. The molecule has 9 nitrogen and oxygen atoms in total. The number of aliphatic hydroxyl groups is 2. The third-order valence-electron chi connectivity index (χ3n) is 3.76. The molecule has 1 aliphatic heterocycles. The summed E-state index contributed by atoms with van der Waals surface area (Å²) < 4.78 is 7.39. The number of hydrogen-bond donors (Lipinski definition) is 4. The minimum absolute atomic E-state index is 0.178. The van der Waals surface area contributed by atoms with E-state index in [0.29, 0.717) is 17.0 Å². The molecule has 9 heteroatoms. The molecule has 3 heterocycles. The normalized spacial score (nSPS) is 29.1. The number of likely N-dealkylation sites (N-methyl/N-ethyl adjacent to an activating group) is 1. The Morgan fingerprint density at radius 1 is 1.33 bits per heavy atom. The molecule has 1 saturated heterocycles. The lowest BCUT2D eigenvalue weighted by molar-refractivity contribution is -0.0489. The molecule has 3 rings (SSSR count). The lowest BCUT2D eigenvalue weighted by Crippen LogP contribution is -2.43. The standard InChI is InChI=1S/C12H18N6O3/c1-13-7-6(3-19)21-12(9(7)20)18-5-17-8-10(14-2)15-4-16-11(8)18/h4-7,9,12-13,19-20H,3H2,1-2H3,(H,14,15,16). The Hall–Kier alpha value is -1.81. The van der Waals surface area contributed by atoms with Gasteiger partial charge < -0.3 is 25.6 Å². The highest BCUT2D eigenvalue weighted by Gasteiger charge is 2.44. The van der Waals surface area contributed by atoms with Crippen LogP contribution in [-0.4, -0.2) is 68.7 Å². The molecule has 0 saturated carbocycles. The van der Waals surface area contributed by atoms with E-state index >= 15 is 0 Å². The van der Waals surface area contributed by atoms with Crippen LogP contribution in [-0.2, 0) is 4.74 Å². The van der Waals surface area contributed by atoms with Gasteiger partial charge in [-0.15, -0.1) is 0 Å². The Balaban J connectivity index is 2.01. The quantitative estimate of drug-likeness (QED) is 0.550. The zero-order valence-corrected chi connectivity index (χ0v) is 11.8. The van der Waals surface area contributed by atoms with Crippen molar-refractivity contribution in [1.29, 1.82) is 0 Å². The van der Waals surface area contributed by atoms with Crippen molar-refractivity contribution in [2.24, 2.45) is 0 Å². The second-order valence-electron chi connectivity index (χ2n) is 4.85. The molecule has 0 bridgehead atoms. The van der Waals surface area contributed by atoms with Gasteiger partial charge >= 0.3 is 0 Å². The van der Waals surface area contributed by atoms with Crippen molar-refractivity contribution in [1.82, 2.24) is 24.8 Å². The molecule has 2 aromatic heterocycles. The molecule has 4 atom stereocenters. The molecular formula is C12H18N6O3. The molecule has 114 valence electrons. The molecule has 0 amide bonds. The molecule has 1 aliphatic rings. The van der Waals surface area contributed by atoms with Gasteiger partial charge in [-0.1, -0.05) is 0 Å². The molecular weight excluding hydrogens is 276 g/mol. The van der Waals surface area contributed by atoms with Crippen LogP contribution in [0.4, 0.5) is 5.82 Å². The monoisotopic (exact) mass is 294 g/mol. The number of ether oxygens (including phenoxy) is 1. The number of rotatable bonds is 4. The van der Waals surface area contributed by atoms with E-state index in [4.69, 9.17) is 4.74 Å². The lowest BCUT2D eigenvalue weighted by Gasteiger charge is -2.18. The van der Waals surface area contributed by atoms with Crippen molar-refractivity contribution in [3.8, 4) is 0 Å². The van der Waals surface area contributed by atoms with E-state index in [2.05, 4.69) is 25.6 Å². The molecule has 0 radical (unpaired) electrons. The van der Waals surface area contributed by atoms with Gasteiger partial charge in [0.2, 0.25) is 0 Å². The van der Waals surface area contributed by atoms with Crippen molar-refractivity contribution in [2.45, 2.75) is 24.5 Å². The average Bonchev–Trinajstić information content (AvgIpc) is 3.07. The van der Waals surface area contributed by atoms with Crippen LogP contribution in [0.25, 0.3) is 11.2 Å². The van der Waals surface area contributed by atoms with Crippen molar-refractivity contribution in [3.05, 3.63) is 12.7 Å². The summed E-state index contributed by atoms with van der Waals surface area (Å²) in [4.78, 5) is 12.6. The molecule has 1 fully saturated rings. The average molecular weight is 294 g/mol. The minimum atomic E-state index is -0.822. The summed E-state index contributed by atoms with van der Waals surface area (Å²) in [5.74, 6) is 0.607. The maximum atomic E-state index is 10.4. The number of anilines is 1. The second-order valence-corrected chi connectivity index (χ2v) is 4.85. The van der Waals surface area contributed by atoms with E-state index in [9.17, 15) is 10.2 Å². The van der Waals surface area contributed by atoms with Crippen LogP contribution in [0.2, 0.25) is 0 Å². The fraction of sp³-hybridized carbons (Fsp3) is 0.583. The number of nitrogens with zero attached hydrogens (tertiary/aromatic N) is 4. The highest BCUT2D eigenvalue weighted by Crippen LogP contribution is 2.31. The smallest absolute Gasteiger partial charge is 0.167 e. The number of aliphatic hydroxyl groups excluding tert-OH is 2. The SMILES string of the molecule is CNc1ncnc2c1ncn2C1OC(CO)C(NC)C1O. The van der Waals surface area contributed by atoms with Crippen molar-refractivity contribution in [3.63, 3.8) is 0 Å². The molecule has 0 aromatic carbocycles. The number of fused-ring (bicyclic) bond motifs is 1. The third kappa shape index (κ3) is 2.14. The fourth-order valence-corrected chi connectivity index (χ4v) is 2.71. The summed E-state index contributed by atoms with van der Waals surface area (Å²) >= 11 is 0.